The minimum absolute atomic E-state index is 0.0295. The van der Waals surface area contributed by atoms with Crippen LogP contribution < -0.4 is 16.1 Å². The SMILES string of the molecule is CCCn1c(=O)n(C2CC2)c(=O)c2[nH]c(-c3ccc(N(C)C(=O)c4cccnc4)nc3)nc21. The summed E-state index contributed by atoms with van der Waals surface area (Å²) in [6, 6.07) is 6.85. The van der Waals surface area contributed by atoms with Gasteiger partial charge in [-0.05, 0) is 43.5 Å². The quantitative estimate of drug-likeness (QED) is 0.487. The molecule has 0 spiro atoms. The Labute approximate surface area is 188 Å². The highest BCUT2D eigenvalue weighted by Gasteiger charge is 2.30. The van der Waals surface area contributed by atoms with Crippen molar-refractivity contribution >= 4 is 22.9 Å². The number of carbonyl (C=O) groups excluding carboxylic acids is 1. The molecule has 33 heavy (non-hydrogen) atoms. The lowest BCUT2D eigenvalue weighted by Crippen LogP contribution is -2.39. The molecule has 1 aliphatic carbocycles. The molecule has 0 aliphatic heterocycles. The van der Waals surface area contributed by atoms with Crippen LogP contribution in [0.2, 0.25) is 0 Å². The number of nitrogens with zero attached hydrogens (tertiary/aromatic N) is 6. The van der Waals surface area contributed by atoms with Crippen LogP contribution in [0, 0.1) is 0 Å². The van der Waals surface area contributed by atoms with E-state index in [9.17, 15) is 14.4 Å². The predicted molar refractivity (Wildman–Crippen MR) is 123 cm³/mol. The second-order valence-corrected chi connectivity index (χ2v) is 8.14. The third-order valence-corrected chi connectivity index (χ3v) is 5.75. The van der Waals surface area contributed by atoms with Crippen LogP contribution in [0.25, 0.3) is 22.6 Å². The number of imidazole rings is 1. The van der Waals surface area contributed by atoms with E-state index < -0.39 is 0 Å². The summed E-state index contributed by atoms with van der Waals surface area (Å²) in [5.41, 5.74) is 1.13. The number of rotatable bonds is 6. The van der Waals surface area contributed by atoms with Crippen molar-refractivity contribution < 1.29 is 4.79 Å². The molecule has 1 amide bonds. The Morgan fingerprint density at radius 3 is 2.67 bits per heavy atom. The van der Waals surface area contributed by atoms with Gasteiger partial charge in [-0.3, -0.25) is 28.6 Å². The summed E-state index contributed by atoms with van der Waals surface area (Å²) in [5.74, 6) is 0.680. The molecule has 1 fully saturated rings. The summed E-state index contributed by atoms with van der Waals surface area (Å²) >= 11 is 0. The molecule has 0 bridgehead atoms. The van der Waals surface area contributed by atoms with E-state index in [2.05, 4.69) is 19.9 Å². The molecule has 0 radical (unpaired) electrons. The number of nitrogens with one attached hydrogen (secondary N) is 1. The van der Waals surface area contributed by atoms with Gasteiger partial charge in [-0.15, -0.1) is 0 Å². The van der Waals surface area contributed by atoms with Crippen molar-refractivity contribution in [2.75, 3.05) is 11.9 Å². The molecule has 5 rings (SSSR count). The van der Waals surface area contributed by atoms with Gasteiger partial charge in [-0.25, -0.2) is 14.8 Å². The summed E-state index contributed by atoms with van der Waals surface area (Å²) in [5, 5.41) is 0. The second kappa shape index (κ2) is 8.12. The van der Waals surface area contributed by atoms with Crippen LogP contribution in [0.4, 0.5) is 5.82 Å². The van der Waals surface area contributed by atoms with E-state index in [1.165, 1.54) is 15.7 Å². The van der Waals surface area contributed by atoms with E-state index in [0.29, 0.717) is 40.5 Å². The average molecular weight is 445 g/mol. The van der Waals surface area contributed by atoms with Crippen LogP contribution >= 0.6 is 0 Å². The van der Waals surface area contributed by atoms with Crippen molar-refractivity contribution in [2.24, 2.45) is 0 Å². The van der Waals surface area contributed by atoms with Crippen molar-refractivity contribution in [3.05, 3.63) is 69.3 Å². The largest absolute Gasteiger partial charge is 0.333 e. The Hall–Kier alpha value is -4.08. The molecule has 4 aromatic rings. The number of aryl methyl sites for hydroxylation is 1. The first-order valence-electron chi connectivity index (χ1n) is 10.9. The first-order valence-corrected chi connectivity index (χ1v) is 10.9. The minimum atomic E-state index is -0.338. The highest BCUT2D eigenvalue weighted by atomic mass is 16.2. The Kier molecular flexibility index (Phi) is 5.12. The van der Waals surface area contributed by atoms with Crippen LogP contribution in [-0.4, -0.2) is 42.0 Å². The van der Waals surface area contributed by atoms with Crippen LogP contribution in [0.5, 0.6) is 0 Å². The lowest BCUT2D eigenvalue weighted by Gasteiger charge is -2.16. The summed E-state index contributed by atoms with van der Waals surface area (Å²) in [6.45, 7) is 2.45. The zero-order valence-electron chi connectivity index (χ0n) is 18.4. The van der Waals surface area contributed by atoms with Gasteiger partial charge < -0.3 is 4.98 Å². The summed E-state index contributed by atoms with van der Waals surface area (Å²) in [7, 11) is 1.64. The van der Waals surface area contributed by atoms with Crippen LogP contribution in [0.15, 0.2) is 52.4 Å². The van der Waals surface area contributed by atoms with E-state index in [0.717, 1.165) is 19.3 Å². The third-order valence-electron chi connectivity index (χ3n) is 5.75. The number of fused-ring (bicyclic) bond motifs is 1. The zero-order valence-corrected chi connectivity index (χ0v) is 18.4. The van der Waals surface area contributed by atoms with Gasteiger partial charge in [-0.2, -0.15) is 0 Å². The van der Waals surface area contributed by atoms with Gasteiger partial charge in [-0.1, -0.05) is 6.92 Å². The normalized spacial score (nSPS) is 13.4. The van der Waals surface area contributed by atoms with Gasteiger partial charge in [0, 0.05) is 43.8 Å². The number of hydrogen-bond acceptors (Lipinski definition) is 6. The molecule has 0 atom stereocenters. The number of H-pyrrole nitrogens is 1. The molecule has 0 saturated heterocycles. The molecule has 4 aromatic heterocycles. The zero-order chi connectivity index (χ0) is 23.1. The Balaban J connectivity index is 1.51. The van der Waals surface area contributed by atoms with Gasteiger partial charge in [0.25, 0.3) is 11.5 Å². The Bertz CT molecular complexity index is 1450. The fourth-order valence-electron chi connectivity index (χ4n) is 3.86. The lowest BCUT2D eigenvalue weighted by atomic mass is 10.2. The molecule has 168 valence electrons. The first-order chi connectivity index (χ1) is 16.0. The summed E-state index contributed by atoms with van der Waals surface area (Å²) in [4.78, 5) is 56.0. The van der Waals surface area contributed by atoms with Crippen molar-refractivity contribution in [2.45, 2.75) is 38.8 Å². The summed E-state index contributed by atoms with van der Waals surface area (Å²) in [6.07, 6.45) is 7.12. The van der Waals surface area contributed by atoms with E-state index in [4.69, 9.17) is 0 Å². The van der Waals surface area contributed by atoms with Crippen LogP contribution in [0.1, 0.15) is 42.6 Å². The monoisotopic (exact) mass is 445 g/mol. The average Bonchev–Trinajstić information content (AvgIpc) is 3.58. The molecule has 1 saturated carbocycles. The highest BCUT2D eigenvalue weighted by molar-refractivity contribution is 6.05. The van der Waals surface area contributed by atoms with Gasteiger partial charge in [0.15, 0.2) is 5.65 Å². The molecule has 1 aliphatic rings. The molecular formula is C23H23N7O3. The smallest absolute Gasteiger partial charge is 0.332 e. The van der Waals surface area contributed by atoms with Crippen molar-refractivity contribution in [3.8, 4) is 11.4 Å². The molecule has 0 aromatic carbocycles. The first kappa shape index (κ1) is 20.8. The van der Waals surface area contributed by atoms with Gasteiger partial charge >= 0.3 is 5.69 Å². The Morgan fingerprint density at radius 2 is 2.03 bits per heavy atom. The van der Waals surface area contributed by atoms with E-state index >= 15 is 0 Å². The van der Waals surface area contributed by atoms with E-state index in [1.54, 1.807) is 48.3 Å². The standard InChI is InChI=1S/C23H23N7O3/c1-3-11-29-20-18(22(32)30(23(29)33)16-7-8-16)26-19(27-20)14-6-9-17(25-13-14)28(2)21(31)15-5-4-10-24-12-15/h4-6,9-10,12-13,16H,3,7-8,11H2,1-2H3,(H,26,27). The molecule has 1 N–H and O–H groups in total. The number of hydrogen-bond donors (Lipinski definition) is 1. The molecule has 10 nitrogen and oxygen atoms in total. The minimum Gasteiger partial charge on any atom is -0.332 e. The molecule has 10 heteroatoms. The lowest BCUT2D eigenvalue weighted by molar-refractivity contribution is 0.0992. The Morgan fingerprint density at radius 1 is 1.21 bits per heavy atom. The number of pyridine rings is 2. The third kappa shape index (κ3) is 3.63. The number of aromatic amines is 1. The van der Waals surface area contributed by atoms with E-state index in [-0.39, 0.29) is 23.2 Å². The fraction of sp³-hybridized carbons (Fsp3) is 0.304. The van der Waals surface area contributed by atoms with Crippen LogP contribution in [0.3, 0.4) is 0 Å². The number of aromatic nitrogens is 6. The van der Waals surface area contributed by atoms with Crippen molar-refractivity contribution in [1.82, 2.24) is 29.1 Å². The number of carbonyl (C=O) groups is 1. The maximum absolute atomic E-state index is 13.0. The second-order valence-electron chi connectivity index (χ2n) is 8.14. The topological polar surface area (TPSA) is 119 Å². The predicted octanol–water partition coefficient (Wildman–Crippen LogP) is 2.36. The summed E-state index contributed by atoms with van der Waals surface area (Å²) < 4.78 is 2.91. The number of anilines is 1. The van der Waals surface area contributed by atoms with Crippen molar-refractivity contribution in [3.63, 3.8) is 0 Å². The van der Waals surface area contributed by atoms with Crippen LogP contribution in [-0.2, 0) is 6.54 Å². The van der Waals surface area contributed by atoms with E-state index in [1.807, 2.05) is 6.92 Å². The maximum atomic E-state index is 13.0. The van der Waals surface area contributed by atoms with Crippen molar-refractivity contribution in [1.29, 1.82) is 0 Å². The van der Waals surface area contributed by atoms with Gasteiger partial charge in [0.2, 0.25) is 0 Å². The molecular weight excluding hydrogens is 422 g/mol. The molecule has 0 unspecified atom stereocenters. The van der Waals surface area contributed by atoms with Gasteiger partial charge in [0.05, 0.1) is 5.56 Å². The highest BCUT2D eigenvalue weighted by Crippen LogP contribution is 2.32. The maximum Gasteiger partial charge on any atom is 0.333 e. The van der Waals surface area contributed by atoms with Gasteiger partial charge in [0.1, 0.15) is 17.2 Å². The fourth-order valence-corrected chi connectivity index (χ4v) is 3.86. The molecule has 4 heterocycles. The number of amides is 1.